The Hall–Kier alpha value is -2.34. The molecule has 0 atom stereocenters. The molecule has 0 bridgehead atoms. The van der Waals surface area contributed by atoms with E-state index in [1.807, 2.05) is 24.3 Å². The van der Waals surface area contributed by atoms with E-state index in [0.717, 1.165) is 41.2 Å². The van der Waals surface area contributed by atoms with Gasteiger partial charge in [-0.15, -0.1) is 0 Å². The maximum atomic E-state index is 12.3. The average Bonchev–Trinajstić information content (AvgIpc) is 2.64. The summed E-state index contributed by atoms with van der Waals surface area (Å²) >= 11 is 1.53. The van der Waals surface area contributed by atoms with Crippen LogP contribution in [0.15, 0.2) is 58.3 Å². The third-order valence-corrected chi connectivity index (χ3v) is 5.40. The first kappa shape index (κ1) is 17.5. The normalized spacial score (nSPS) is 14.9. The van der Waals surface area contributed by atoms with E-state index >= 15 is 0 Å². The minimum atomic E-state index is -0.405. The van der Waals surface area contributed by atoms with Gasteiger partial charge in [-0.3, -0.25) is 14.9 Å². The number of nitrogens with zero attached hydrogens (tertiary/aromatic N) is 1. The number of nitrogens with one attached hydrogen (secondary N) is 1. The molecule has 1 amide bonds. The standard InChI is InChI=1S/C19H20N2O3S/c22-19(14-4-2-1-3-5-14)20-15-6-10-17(11-7-15)25-18-12-8-16(9-13-18)21(23)24/h6-14H,1-5H2,(H,20,22). The second-order valence-corrected chi connectivity index (χ2v) is 7.35. The molecule has 0 spiro atoms. The second kappa shape index (κ2) is 8.16. The molecule has 0 radical (unpaired) electrons. The fraction of sp³-hybridized carbons (Fsp3) is 0.316. The van der Waals surface area contributed by atoms with E-state index in [1.165, 1.54) is 30.3 Å². The minimum Gasteiger partial charge on any atom is -0.326 e. The van der Waals surface area contributed by atoms with Crippen LogP contribution in [0.3, 0.4) is 0 Å². The van der Waals surface area contributed by atoms with Crippen molar-refractivity contribution in [1.82, 2.24) is 0 Å². The summed E-state index contributed by atoms with van der Waals surface area (Å²) in [7, 11) is 0. The van der Waals surface area contributed by atoms with Gasteiger partial charge in [0.15, 0.2) is 0 Å². The van der Waals surface area contributed by atoms with E-state index in [2.05, 4.69) is 5.32 Å². The number of carbonyl (C=O) groups is 1. The molecule has 1 fully saturated rings. The van der Waals surface area contributed by atoms with Crippen molar-refractivity contribution in [1.29, 1.82) is 0 Å². The number of anilines is 1. The molecular formula is C19H20N2O3S. The van der Waals surface area contributed by atoms with Crippen LogP contribution in [0.25, 0.3) is 0 Å². The maximum Gasteiger partial charge on any atom is 0.269 e. The number of nitro benzene ring substituents is 1. The second-order valence-electron chi connectivity index (χ2n) is 6.20. The van der Waals surface area contributed by atoms with Crippen molar-refractivity contribution in [3.63, 3.8) is 0 Å². The van der Waals surface area contributed by atoms with Crippen LogP contribution < -0.4 is 5.32 Å². The molecule has 3 rings (SSSR count). The molecule has 0 saturated heterocycles. The van der Waals surface area contributed by atoms with Crippen molar-refractivity contribution in [3.8, 4) is 0 Å². The summed E-state index contributed by atoms with van der Waals surface area (Å²) in [6.07, 6.45) is 5.49. The number of non-ortho nitro benzene ring substituents is 1. The highest BCUT2D eigenvalue weighted by molar-refractivity contribution is 7.99. The Labute approximate surface area is 151 Å². The Kier molecular flexibility index (Phi) is 5.71. The lowest BCUT2D eigenvalue weighted by molar-refractivity contribution is -0.384. The van der Waals surface area contributed by atoms with Gasteiger partial charge >= 0.3 is 0 Å². The van der Waals surface area contributed by atoms with Gasteiger partial charge in [0.05, 0.1) is 4.92 Å². The van der Waals surface area contributed by atoms with Crippen LogP contribution in [0, 0.1) is 16.0 Å². The summed E-state index contributed by atoms with van der Waals surface area (Å²) in [5.74, 6) is 0.262. The Balaban J connectivity index is 1.58. The van der Waals surface area contributed by atoms with Gasteiger partial charge in [0.2, 0.25) is 5.91 Å². The smallest absolute Gasteiger partial charge is 0.269 e. The summed E-state index contributed by atoms with van der Waals surface area (Å²) in [6.45, 7) is 0. The first-order chi connectivity index (χ1) is 12.1. The summed E-state index contributed by atoms with van der Waals surface area (Å²) in [6, 6.07) is 14.2. The summed E-state index contributed by atoms with van der Waals surface area (Å²) in [5.41, 5.74) is 0.897. The zero-order chi connectivity index (χ0) is 17.6. The number of nitro groups is 1. The zero-order valence-electron chi connectivity index (χ0n) is 13.8. The average molecular weight is 356 g/mol. The molecule has 2 aromatic rings. The number of amides is 1. The van der Waals surface area contributed by atoms with Gasteiger partial charge in [-0.2, -0.15) is 0 Å². The molecule has 2 aromatic carbocycles. The fourth-order valence-corrected chi connectivity index (χ4v) is 3.80. The molecule has 25 heavy (non-hydrogen) atoms. The van der Waals surface area contributed by atoms with E-state index < -0.39 is 4.92 Å². The van der Waals surface area contributed by atoms with Gasteiger partial charge in [0.25, 0.3) is 5.69 Å². The van der Waals surface area contributed by atoms with Gasteiger partial charge < -0.3 is 5.32 Å². The molecule has 1 aliphatic rings. The van der Waals surface area contributed by atoms with Gasteiger partial charge in [-0.25, -0.2) is 0 Å². The van der Waals surface area contributed by atoms with E-state index in [0.29, 0.717) is 0 Å². The van der Waals surface area contributed by atoms with E-state index in [9.17, 15) is 14.9 Å². The van der Waals surface area contributed by atoms with Crippen LogP contribution in [0.1, 0.15) is 32.1 Å². The van der Waals surface area contributed by atoms with Crippen LogP contribution >= 0.6 is 11.8 Å². The van der Waals surface area contributed by atoms with Crippen LogP contribution in [0.5, 0.6) is 0 Å². The van der Waals surface area contributed by atoms with Gasteiger partial charge in [0, 0.05) is 33.5 Å². The number of hydrogen-bond donors (Lipinski definition) is 1. The van der Waals surface area contributed by atoms with Gasteiger partial charge in [0.1, 0.15) is 0 Å². The quantitative estimate of drug-likeness (QED) is 0.585. The SMILES string of the molecule is O=C(Nc1ccc(Sc2ccc([N+](=O)[O-])cc2)cc1)C1CCCCC1. The molecule has 5 nitrogen and oxygen atoms in total. The Bertz CT molecular complexity index is 738. The predicted octanol–water partition coefficient (Wildman–Crippen LogP) is 5.26. The van der Waals surface area contributed by atoms with E-state index in [-0.39, 0.29) is 17.5 Å². The lowest BCUT2D eigenvalue weighted by Crippen LogP contribution is -2.24. The van der Waals surface area contributed by atoms with Crippen LogP contribution in [0.2, 0.25) is 0 Å². The Morgan fingerprint density at radius 1 is 0.960 bits per heavy atom. The Morgan fingerprint density at radius 3 is 2.08 bits per heavy atom. The van der Waals surface area contributed by atoms with Crippen LogP contribution in [0.4, 0.5) is 11.4 Å². The highest BCUT2D eigenvalue weighted by atomic mass is 32.2. The van der Waals surface area contributed by atoms with Crippen molar-refractivity contribution in [2.75, 3.05) is 5.32 Å². The number of hydrogen-bond acceptors (Lipinski definition) is 4. The summed E-state index contributed by atoms with van der Waals surface area (Å²) in [5, 5.41) is 13.7. The number of benzene rings is 2. The first-order valence-corrected chi connectivity index (χ1v) is 9.27. The summed E-state index contributed by atoms with van der Waals surface area (Å²) < 4.78 is 0. The molecule has 0 unspecified atom stereocenters. The van der Waals surface area contributed by atoms with E-state index in [4.69, 9.17) is 0 Å². The molecular weight excluding hydrogens is 336 g/mol. The lowest BCUT2D eigenvalue weighted by atomic mass is 9.88. The minimum absolute atomic E-state index is 0.0881. The monoisotopic (exact) mass is 356 g/mol. The van der Waals surface area contributed by atoms with Crippen molar-refractivity contribution in [2.45, 2.75) is 41.9 Å². The zero-order valence-corrected chi connectivity index (χ0v) is 14.6. The van der Waals surface area contributed by atoms with Crippen molar-refractivity contribution in [2.24, 2.45) is 5.92 Å². The van der Waals surface area contributed by atoms with Gasteiger partial charge in [-0.1, -0.05) is 31.0 Å². The third kappa shape index (κ3) is 4.82. The van der Waals surface area contributed by atoms with Gasteiger partial charge in [-0.05, 0) is 49.2 Å². The molecule has 6 heteroatoms. The number of rotatable bonds is 5. The number of carbonyl (C=O) groups excluding carboxylic acids is 1. The molecule has 130 valence electrons. The van der Waals surface area contributed by atoms with Crippen molar-refractivity contribution < 1.29 is 9.72 Å². The highest BCUT2D eigenvalue weighted by Gasteiger charge is 2.20. The Morgan fingerprint density at radius 2 is 1.52 bits per heavy atom. The summed E-state index contributed by atoms with van der Waals surface area (Å²) in [4.78, 5) is 24.5. The molecule has 0 heterocycles. The topological polar surface area (TPSA) is 72.2 Å². The van der Waals surface area contributed by atoms with Crippen molar-refractivity contribution in [3.05, 3.63) is 58.6 Å². The predicted molar refractivity (Wildman–Crippen MR) is 98.9 cm³/mol. The molecule has 1 N–H and O–H groups in total. The lowest BCUT2D eigenvalue weighted by Gasteiger charge is -2.20. The first-order valence-electron chi connectivity index (χ1n) is 8.45. The van der Waals surface area contributed by atoms with Crippen LogP contribution in [-0.4, -0.2) is 10.8 Å². The van der Waals surface area contributed by atoms with Crippen molar-refractivity contribution >= 4 is 29.0 Å². The highest BCUT2D eigenvalue weighted by Crippen LogP contribution is 2.30. The molecule has 1 saturated carbocycles. The fourth-order valence-electron chi connectivity index (χ4n) is 2.99. The molecule has 1 aliphatic carbocycles. The third-order valence-electron chi connectivity index (χ3n) is 4.38. The molecule has 0 aromatic heterocycles. The van der Waals surface area contributed by atoms with Crippen LogP contribution in [-0.2, 0) is 4.79 Å². The van der Waals surface area contributed by atoms with E-state index in [1.54, 1.807) is 12.1 Å². The maximum absolute atomic E-state index is 12.3. The largest absolute Gasteiger partial charge is 0.326 e. The molecule has 0 aliphatic heterocycles.